The van der Waals surface area contributed by atoms with Crippen LogP contribution in [0.2, 0.25) is 0 Å². The molecule has 194 valence electrons. The number of carbonyl (C=O) groups excluding carboxylic acids is 1. The van der Waals surface area contributed by atoms with Crippen LogP contribution < -0.4 is 14.8 Å². The van der Waals surface area contributed by atoms with E-state index in [1.54, 1.807) is 54.6 Å². The number of nitrogens with zero attached hydrogens (tertiary/aromatic N) is 2. The molecular weight excluding hydrogens is 609 g/mol. The molecule has 1 amide bonds. The lowest BCUT2D eigenvalue weighted by Crippen LogP contribution is -2.13. The number of non-ortho nitro benzene ring substituents is 1. The smallest absolute Gasteiger partial charge is 0.269 e. The number of halogens is 1. The first-order chi connectivity index (χ1) is 18.9. The molecule has 8 nitrogen and oxygen atoms in total. The van der Waals surface area contributed by atoms with Crippen molar-refractivity contribution in [1.82, 2.24) is 0 Å². The fraction of sp³-hybridized carbons (Fsp3) is 0.0667. The summed E-state index contributed by atoms with van der Waals surface area (Å²) >= 11 is 2.10. The normalized spacial score (nSPS) is 10.8. The van der Waals surface area contributed by atoms with Crippen molar-refractivity contribution in [2.24, 2.45) is 0 Å². The van der Waals surface area contributed by atoms with E-state index in [4.69, 9.17) is 9.47 Å². The number of ether oxygens (including phenoxy) is 2. The summed E-state index contributed by atoms with van der Waals surface area (Å²) in [6.45, 7) is 0.597. The molecule has 4 rings (SSSR count). The van der Waals surface area contributed by atoms with Gasteiger partial charge in [-0.15, -0.1) is 0 Å². The van der Waals surface area contributed by atoms with Crippen molar-refractivity contribution in [3.8, 4) is 17.6 Å². The van der Waals surface area contributed by atoms with E-state index in [1.165, 1.54) is 18.2 Å². The average Bonchev–Trinajstić information content (AvgIpc) is 2.95. The summed E-state index contributed by atoms with van der Waals surface area (Å²) in [5, 5.41) is 23.3. The number of nitriles is 1. The number of benzene rings is 4. The number of amides is 1. The van der Waals surface area contributed by atoms with Gasteiger partial charge in [0, 0.05) is 17.8 Å². The van der Waals surface area contributed by atoms with Gasteiger partial charge >= 0.3 is 0 Å². The van der Waals surface area contributed by atoms with Gasteiger partial charge in [0.25, 0.3) is 11.6 Å². The minimum absolute atomic E-state index is 0.000858. The molecule has 0 radical (unpaired) electrons. The Balaban J connectivity index is 1.36. The van der Waals surface area contributed by atoms with Crippen LogP contribution in [0.5, 0.6) is 11.5 Å². The third kappa shape index (κ3) is 7.90. The molecule has 0 aliphatic rings. The Morgan fingerprint density at radius 3 is 2.33 bits per heavy atom. The molecule has 1 N–H and O–H groups in total. The van der Waals surface area contributed by atoms with Gasteiger partial charge in [-0.2, -0.15) is 5.26 Å². The van der Waals surface area contributed by atoms with Gasteiger partial charge in [0.2, 0.25) is 0 Å². The SMILES string of the molecule is N#C/C(=C\c1ccc(OCc2cccc([N+](=O)[O-])c2)c(I)c1)C(=O)Nc1ccc(OCc2ccccc2)cc1. The molecule has 0 heterocycles. The molecule has 0 bridgehead atoms. The highest BCUT2D eigenvalue weighted by Gasteiger charge is 2.12. The summed E-state index contributed by atoms with van der Waals surface area (Å²) < 4.78 is 12.3. The van der Waals surface area contributed by atoms with E-state index in [0.29, 0.717) is 34.9 Å². The van der Waals surface area contributed by atoms with Crippen LogP contribution in [0.15, 0.2) is 103 Å². The molecule has 9 heteroatoms. The molecule has 0 saturated heterocycles. The Labute approximate surface area is 238 Å². The predicted molar refractivity (Wildman–Crippen MR) is 156 cm³/mol. The van der Waals surface area contributed by atoms with Gasteiger partial charge in [0.15, 0.2) is 0 Å². The lowest BCUT2D eigenvalue weighted by Gasteiger charge is -2.10. The molecule has 0 saturated carbocycles. The first kappa shape index (κ1) is 27.3. The Bertz CT molecular complexity index is 1550. The van der Waals surface area contributed by atoms with Crippen LogP contribution in [0.4, 0.5) is 11.4 Å². The standard InChI is InChI=1S/C30H22IN3O5/c31-28-17-22(9-14-29(28)39-20-23-7-4-8-26(16-23)34(36)37)15-24(18-32)30(35)33-25-10-12-27(13-11-25)38-19-21-5-2-1-3-6-21/h1-17H,19-20H2,(H,33,35)/b24-15+. The van der Waals surface area contributed by atoms with Gasteiger partial charge in [0.1, 0.15) is 36.4 Å². The molecule has 4 aromatic carbocycles. The summed E-state index contributed by atoms with van der Waals surface area (Å²) in [7, 11) is 0. The fourth-order valence-corrected chi connectivity index (χ4v) is 4.23. The summed E-state index contributed by atoms with van der Waals surface area (Å²) in [6, 6.07) is 30.2. The second-order valence-electron chi connectivity index (χ2n) is 8.33. The van der Waals surface area contributed by atoms with Gasteiger partial charge in [-0.1, -0.05) is 48.5 Å². The number of carbonyl (C=O) groups is 1. The van der Waals surface area contributed by atoms with Crippen LogP contribution in [0, 0.1) is 25.0 Å². The molecular formula is C30H22IN3O5. The number of nitro groups is 1. The number of hydrogen-bond acceptors (Lipinski definition) is 6. The highest BCUT2D eigenvalue weighted by Crippen LogP contribution is 2.25. The molecule has 0 aromatic heterocycles. The molecule has 0 spiro atoms. The first-order valence-corrected chi connectivity index (χ1v) is 12.8. The third-order valence-electron chi connectivity index (χ3n) is 5.51. The molecule has 0 atom stereocenters. The van der Waals surface area contributed by atoms with E-state index in [-0.39, 0.29) is 17.9 Å². The first-order valence-electron chi connectivity index (χ1n) is 11.8. The highest BCUT2D eigenvalue weighted by atomic mass is 127. The maximum atomic E-state index is 12.7. The van der Waals surface area contributed by atoms with E-state index in [9.17, 15) is 20.2 Å². The lowest BCUT2D eigenvalue weighted by molar-refractivity contribution is -0.384. The quantitative estimate of drug-likeness (QED) is 0.0670. The second kappa shape index (κ2) is 13.2. The third-order valence-corrected chi connectivity index (χ3v) is 6.35. The molecule has 4 aromatic rings. The van der Waals surface area contributed by atoms with Crippen LogP contribution >= 0.6 is 22.6 Å². The predicted octanol–water partition coefficient (Wildman–Crippen LogP) is 6.90. The molecule has 0 aliphatic carbocycles. The van der Waals surface area contributed by atoms with Gasteiger partial charge in [0.05, 0.1) is 8.49 Å². The average molecular weight is 631 g/mol. The van der Waals surface area contributed by atoms with Crippen LogP contribution in [-0.4, -0.2) is 10.8 Å². The number of anilines is 1. The summed E-state index contributed by atoms with van der Waals surface area (Å²) in [5.74, 6) is 0.712. The maximum absolute atomic E-state index is 12.7. The Kier molecular flexibility index (Phi) is 9.26. The maximum Gasteiger partial charge on any atom is 0.269 e. The van der Waals surface area contributed by atoms with Crippen molar-refractivity contribution in [1.29, 1.82) is 5.26 Å². The van der Waals surface area contributed by atoms with Gasteiger partial charge in [-0.05, 0) is 81.8 Å². The number of nitrogens with one attached hydrogen (secondary N) is 1. The van der Waals surface area contributed by atoms with E-state index >= 15 is 0 Å². The van der Waals surface area contributed by atoms with Crippen molar-refractivity contribution >= 4 is 45.9 Å². The zero-order chi connectivity index (χ0) is 27.6. The van der Waals surface area contributed by atoms with Gasteiger partial charge in [-0.25, -0.2) is 0 Å². The van der Waals surface area contributed by atoms with Crippen LogP contribution in [-0.2, 0) is 18.0 Å². The van der Waals surface area contributed by atoms with E-state index in [2.05, 4.69) is 27.9 Å². The zero-order valence-electron chi connectivity index (χ0n) is 20.5. The monoisotopic (exact) mass is 631 g/mol. The van der Waals surface area contributed by atoms with E-state index in [0.717, 1.165) is 9.13 Å². The largest absolute Gasteiger partial charge is 0.489 e. The topological polar surface area (TPSA) is 114 Å². The van der Waals surface area contributed by atoms with Crippen molar-refractivity contribution in [2.75, 3.05) is 5.32 Å². The minimum Gasteiger partial charge on any atom is -0.489 e. The molecule has 39 heavy (non-hydrogen) atoms. The van der Waals surface area contributed by atoms with Crippen molar-refractivity contribution < 1.29 is 19.2 Å². The summed E-state index contributed by atoms with van der Waals surface area (Å²) in [5.41, 5.74) is 2.85. The van der Waals surface area contributed by atoms with Crippen molar-refractivity contribution in [2.45, 2.75) is 13.2 Å². The summed E-state index contributed by atoms with van der Waals surface area (Å²) in [6.07, 6.45) is 1.50. The number of rotatable bonds is 10. The van der Waals surface area contributed by atoms with Crippen molar-refractivity contribution in [3.63, 3.8) is 0 Å². The number of nitro benzene ring substituents is 1. The molecule has 0 unspecified atom stereocenters. The van der Waals surface area contributed by atoms with Crippen LogP contribution in [0.3, 0.4) is 0 Å². The molecule has 0 aliphatic heterocycles. The summed E-state index contributed by atoms with van der Waals surface area (Å²) in [4.78, 5) is 23.2. The van der Waals surface area contributed by atoms with E-state index in [1.807, 2.05) is 36.4 Å². The Morgan fingerprint density at radius 2 is 1.64 bits per heavy atom. The van der Waals surface area contributed by atoms with Gasteiger partial charge in [-0.3, -0.25) is 14.9 Å². The van der Waals surface area contributed by atoms with Crippen molar-refractivity contribution in [3.05, 3.63) is 133 Å². The molecule has 0 fully saturated rings. The Hall–Kier alpha value is -4.69. The van der Waals surface area contributed by atoms with E-state index < -0.39 is 10.8 Å². The lowest BCUT2D eigenvalue weighted by atomic mass is 10.1. The second-order valence-corrected chi connectivity index (χ2v) is 9.49. The zero-order valence-corrected chi connectivity index (χ0v) is 22.7. The fourth-order valence-electron chi connectivity index (χ4n) is 3.53. The highest BCUT2D eigenvalue weighted by molar-refractivity contribution is 14.1. The minimum atomic E-state index is -0.531. The van der Waals surface area contributed by atoms with Crippen LogP contribution in [0.1, 0.15) is 16.7 Å². The Morgan fingerprint density at radius 1 is 0.923 bits per heavy atom. The number of hydrogen-bond donors (Lipinski definition) is 1. The van der Waals surface area contributed by atoms with Gasteiger partial charge < -0.3 is 14.8 Å². The van der Waals surface area contributed by atoms with Crippen LogP contribution in [0.25, 0.3) is 6.08 Å².